The second kappa shape index (κ2) is 10.6. The number of esters is 1. The van der Waals surface area contributed by atoms with Crippen molar-refractivity contribution < 1.29 is 36.9 Å². The Bertz CT molecular complexity index is 1920. The Morgan fingerprint density at radius 2 is 1.91 bits per heavy atom. The lowest BCUT2D eigenvalue weighted by atomic mass is 9.81. The third-order valence-electron chi connectivity index (χ3n) is 7.49. The molecule has 0 fully saturated rings. The maximum absolute atomic E-state index is 13.9. The third-order valence-corrected chi connectivity index (χ3v) is 8.48. The molecular weight excluding hydrogens is 585 g/mol. The quantitative estimate of drug-likeness (QED) is 0.300. The molecule has 0 aliphatic carbocycles. The first kappa shape index (κ1) is 28.5. The largest absolute Gasteiger partial charge is 0.496 e. The van der Waals surface area contributed by atoms with Crippen molar-refractivity contribution in [1.29, 1.82) is 0 Å². The number of hydrogen-bond acceptors (Lipinski definition) is 8. The van der Waals surface area contributed by atoms with Gasteiger partial charge in [-0.1, -0.05) is 41.7 Å². The van der Waals surface area contributed by atoms with Crippen molar-refractivity contribution in [3.8, 4) is 17.2 Å². The van der Waals surface area contributed by atoms with Gasteiger partial charge in [0.1, 0.15) is 29.8 Å². The zero-order valence-corrected chi connectivity index (χ0v) is 24.0. The van der Waals surface area contributed by atoms with Crippen molar-refractivity contribution >= 4 is 23.4 Å². The van der Waals surface area contributed by atoms with Crippen LogP contribution in [0, 0.1) is 5.92 Å². The van der Waals surface area contributed by atoms with Gasteiger partial charge in [0.05, 0.1) is 30.4 Å². The standard InChI is InChI=1S/C31H25F3N2O6S/c1-30-25(28(38)40-3)26(21-9-4-5-10-23(21)42-30)36-27(37)24(43-29(36)35-30)14-17-11-12-22(39-2)18(13-17)16-41-20-8-6-7-19(15-20)31(32,33)34/h4-15,25-26H,16H2,1-3H3/b24-14+/t25-,26-,30+/m1/s1. The Morgan fingerprint density at radius 3 is 2.65 bits per heavy atom. The van der Waals surface area contributed by atoms with Gasteiger partial charge in [0, 0.05) is 11.1 Å². The van der Waals surface area contributed by atoms with Crippen molar-refractivity contribution in [3.63, 3.8) is 0 Å². The third kappa shape index (κ3) is 5.05. The average molecular weight is 611 g/mol. The molecule has 1 aromatic heterocycles. The van der Waals surface area contributed by atoms with Crippen LogP contribution < -0.4 is 29.1 Å². The van der Waals surface area contributed by atoms with Gasteiger partial charge in [0.25, 0.3) is 5.56 Å². The first-order valence-electron chi connectivity index (χ1n) is 13.2. The van der Waals surface area contributed by atoms with E-state index in [4.69, 9.17) is 23.9 Å². The van der Waals surface area contributed by atoms with E-state index in [0.717, 1.165) is 12.1 Å². The zero-order valence-electron chi connectivity index (χ0n) is 23.2. The molecule has 0 spiro atoms. The molecule has 2 bridgehead atoms. The van der Waals surface area contributed by atoms with Crippen molar-refractivity contribution in [2.75, 3.05) is 14.2 Å². The molecule has 0 radical (unpaired) electrons. The van der Waals surface area contributed by atoms with Crippen LogP contribution in [0.4, 0.5) is 13.2 Å². The fraction of sp³-hybridized carbons (Fsp3) is 0.258. The lowest BCUT2D eigenvalue weighted by Gasteiger charge is -2.44. The summed E-state index contributed by atoms with van der Waals surface area (Å²) in [5, 5.41) is 0. The number of carbonyl (C=O) groups is 1. The van der Waals surface area contributed by atoms with Crippen molar-refractivity contribution in [3.05, 3.63) is 109 Å². The number of fused-ring (bicyclic) bond motifs is 6. The SMILES string of the molecule is COC(=O)[C@H]1[C@H]2c3ccccc3O[C@]1(C)N=c1s/c(=C/c3ccc(OC)c(COc4cccc(C(F)(F)F)c4)c3)c(=O)n12. The minimum absolute atomic E-state index is 0.0549. The number of methoxy groups -OCH3 is 2. The van der Waals surface area contributed by atoms with Crippen molar-refractivity contribution in [1.82, 2.24) is 4.57 Å². The number of hydrogen-bond donors (Lipinski definition) is 0. The molecule has 12 heteroatoms. The topological polar surface area (TPSA) is 88.4 Å². The maximum Gasteiger partial charge on any atom is 0.416 e. The van der Waals surface area contributed by atoms with E-state index >= 15 is 0 Å². The molecule has 0 N–H and O–H groups in total. The highest BCUT2D eigenvalue weighted by molar-refractivity contribution is 7.07. The van der Waals surface area contributed by atoms with Crippen molar-refractivity contribution in [2.24, 2.45) is 10.9 Å². The molecule has 2 aliphatic rings. The summed E-state index contributed by atoms with van der Waals surface area (Å²) in [7, 11) is 2.76. The van der Waals surface area contributed by atoms with E-state index in [2.05, 4.69) is 0 Å². The number of alkyl halides is 3. The van der Waals surface area contributed by atoms with E-state index in [1.807, 2.05) is 18.2 Å². The van der Waals surface area contributed by atoms with E-state index in [-0.39, 0.29) is 17.9 Å². The van der Waals surface area contributed by atoms with E-state index in [0.29, 0.717) is 37.5 Å². The number of thiazole rings is 1. The van der Waals surface area contributed by atoms with Gasteiger partial charge in [0.15, 0.2) is 4.80 Å². The number of aromatic nitrogens is 1. The van der Waals surface area contributed by atoms with Gasteiger partial charge in [-0.2, -0.15) is 13.2 Å². The fourth-order valence-electron chi connectivity index (χ4n) is 5.51. The summed E-state index contributed by atoms with van der Waals surface area (Å²) in [6, 6.07) is 16.3. The number of ether oxygens (including phenoxy) is 4. The monoisotopic (exact) mass is 610 g/mol. The number of halogens is 3. The van der Waals surface area contributed by atoms with Gasteiger partial charge in [-0.25, -0.2) is 4.99 Å². The smallest absolute Gasteiger partial charge is 0.416 e. The molecule has 3 heterocycles. The zero-order chi connectivity index (χ0) is 30.5. The molecule has 0 saturated carbocycles. The van der Waals surface area contributed by atoms with Crippen LogP contribution in [-0.4, -0.2) is 30.5 Å². The molecule has 0 unspecified atom stereocenters. The molecule has 4 aromatic rings. The Hall–Kier alpha value is -4.58. The Kier molecular flexibility index (Phi) is 7.04. The van der Waals surface area contributed by atoms with Gasteiger partial charge >= 0.3 is 12.1 Å². The second-order valence-electron chi connectivity index (χ2n) is 10.2. The Morgan fingerprint density at radius 1 is 1.12 bits per heavy atom. The molecule has 8 nitrogen and oxygen atoms in total. The molecule has 43 heavy (non-hydrogen) atoms. The maximum atomic E-state index is 13.9. The lowest BCUT2D eigenvalue weighted by Crippen LogP contribution is -2.58. The molecule has 6 rings (SSSR count). The van der Waals surface area contributed by atoms with Crippen molar-refractivity contribution in [2.45, 2.75) is 31.5 Å². The van der Waals surface area contributed by atoms with E-state index in [1.54, 1.807) is 37.3 Å². The van der Waals surface area contributed by atoms with Crippen LogP contribution in [0.5, 0.6) is 17.2 Å². The number of rotatable bonds is 6. The summed E-state index contributed by atoms with van der Waals surface area (Å²) < 4.78 is 63.7. The molecule has 2 aliphatic heterocycles. The van der Waals surface area contributed by atoms with Gasteiger partial charge in [-0.15, -0.1) is 0 Å². The average Bonchev–Trinajstić information content (AvgIpc) is 3.27. The minimum Gasteiger partial charge on any atom is -0.496 e. The molecular formula is C31H25F3N2O6S. The van der Waals surface area contributed by atoms with E-state index in [9.17, 15) is 22.8 Å². The fourth-order valence-corrected chi connectivity index (χ4v) is 6.61. The van der Waals surface area contributed by atoms with Crippen LogP contribution in [0.25, 0.3) is 6.08 Å². The van der Waals surface area contributed by atoms with E-state index in [1.165, 1.54) is 42.3 Å². The summed E-state index contributed by atoms with van der Waals surface area (Å²) in [6.07, 6.45) is -2.81. The molecule has 222 valence electrons. The second-order valence-corrected chi connectivity index (χ2v) is 11.2. The van der Waals surface area contributed by atoms with Gasteiger partial charge in [-0.3, -0.25) is 14.2 Å². The summed E-state index contributed by atoms with van der Waals surface area (Å²) >= 11 is 1.17. The van der Waals surface area contributed by atoms with Crippen LogP contribution in [0.2, 0.25) is 0 Å². The number of benzene rings is 3. The summed E-state index contributed by atoms with van der Waals surface area (Å²) in [5.41, 5.74) is -0.552. The molecule has 0 amide bonds. The Labute approximate surface area is 247 Å². The minimum atomic E-state index is -4.49. The Balaban J connectivity index is 1.40. The highest BCUT2D eigenvalue weighted by atomic mass is 32.1. The van der Waals surface area contributed by atoms with Crippen LogP contribution in [0.15, 0.2) is 76.5 Å². The number of carbonyl (C=O) groups excluding carboxylic acids is 1. The predicted molar refractivity (Wildman–Crippen MR) is 151 cm³/mol. The van der Waals surface area contributed by atoms with E-state index < -0.39 is 35.4 Å². The summed E-state index contributed by atoms with van der Waals surface area (Å²) in [4.78, 5) is 32.0. The normalized spacial score (nSPS) is 20.7. The molecule has 0 saturated heterocycles. The predicted octanol–water partition coefficient (Wildman–Crippen LogP) is 4.47. The van der Waals surface area contributed by atoms with Crippen LogP contribution in [-0.2, 0) is 22.3 Å². The van der Waals surface area contributed by atoms with Crippen LogP contribution in [0.3, 0.4) is 0 Å². The van der Waals surface area contributed by atoms with Crippen LogP contribution in [0.1, 0.15) is 35.2 Å². The summed E-state index contributed by atoms with van der Waals surface area (Å²) in [5.74, 6) is -0.368. The lowest BCUT2D eigenvalue weighted by molar-refractivity contribution is -0.158. The van der Waals surface area contributed by atoms with Gasteiger partial charge < -0.3 is 18.9 Å². The molecule has 3 aromatic carbocycles. The first-order valence-corrected chi connectivity index (χ1v) is 14.0. The highest BCUT2D eigenvalue weighted by Crippen LogP contribution is 2.47. The summed E-state index contributed by atoms with van der Waals surface area (Å²) in [6.45, 7) is 1.63. The molecule has 3 atom stereocenters. The van der Waals surface area contributed by atoms with Gasteiger partial charge in [-0.05, 0) is 55.0 Å². The highest BCUT2D eigenvalue weighted by Gasteiger charge is 2.55. The number of nitrogens with zero attached hydrogens (tertiary/aromatic N) is 2. The van der Waals surface area contributed by atoms with Crippen LogP contribution >= 0.6 is 11.3 Å². The first-order chi connectivity index (χ1) is 20.5. The van der Waals surface area contributed by atoms with Gasteiger partial charge in [0.2, 0.25) is 5.72 Å². The number of para-hydroxylation sites is 1.